The van der Waals surface area contributed by atoms with Crippen molar-refractivity contribution in [2.24, 2.45) is 5.73 Å². The number of sulfone groups is 1. The number of carboxylic acids is 1. The van der Waals surface area contributed by atoms with Crippen LogP contribution in [0.5, 0.6) is 0 Å². The number of hydrogen-bond acceptors (Lipinski definition) is 5. The summed E-state index contributed by atoms with van der Waals surface area (Å²) in [5.41, 5.74) is 5.32. The van der Waals surface area contributed by atoms with Crippen LogP contribution in [-0.4, -0.2) is 31.3 Å². The van der Waals surface area contributed by atoms with Gasteiger partial charge in [-0.2, -0.15) is 0 Å². The average Bonchev–Trinajstić information content (AvgIpc) is 2.37. The topological polar surface area (TPSA) is 115 Å². The largest absolute Gasteiger partial charge is 0.481 e. The van der Waals surface area contributed by atoms with Gasteiger partial charge in [-0.15, -0.1) is 0 Å². The van der Waals surface area contributed by atoms with E-state index in [1.807, 2.05) is 0 Å². The Labute approximate surface area is 110 Å². The third kappa shape index (κ3) is 3.49. The first-order chi connectivity index (χ1) is 8.79. The molecule has 1 atom stereocenters. The van der Waals surface area contributed by atoms with E-state index in [0.717, 1.165) is 5.41 Å². The van der Waals surface area contributed by atoms with E-state index in [-0.39, 0.29) is 10.5 Å². The number of carbonyl (C=O) groups excluding carboxylic acids is 1. The highest BCUT2D eigenvalue weighted by Gasteiger charge is 2.24. The molecule has 0 aliphatic heterocycles. The Kier molecular flexibility index (Phi) is 4.57. The van der Waals surface area contributed by atoms with Crippen molar-refractivity contribution in [2.45, 2.75) is 17.4 Å². The molecule has 1 aromatic rings. The highest BCUT2D eigenvalue weighted by Crippen LogP contribution is 2.19. The highest BCUT2D eigenvalue weighted by molar-refractivity contribution is 7.94. The molecule has 0 radical (unpaired) electrons. The number of hydrogen-bond donors (Lipinski definition) is 2. The minimum Gasteiger partial charge on any atom is -0.481 e. The van der Waals surface area contributed by atoms with Gasteiger partial charge in [0.25, 0.3) is 0 Å². The SMILES string of the molecule is C=CS(=O)(=O)c1ccccc1C(=O)[C@@H](N)CC(=O)O. The molecule has 0 saturated carbocycles. The first-order valence-corrected chi connectivity index (χ1v) is 6.82. The summed E-state index contributed by atoms with van der Waals surface area (Å²) in [6.45, 7) is 3.18. The normalized spacial score (nSPS) is 12.7. The molecule has 19 heavy (non-hydrogen) atoms. The van der Waals surface area contributed by atoms with Gasteiger partial charge >= 0.3 is 5.97 Å². The fourth-order valence-electron chi connectivity index (χ4n) is 1.49. The van der Waals surface area contributed by atoms with Crippen LogP contribution in [0.15, 0.2) is 41.1 Å². The van der Waals surface area contributed by atoms with E-state index in [9.17, 15) is 18.0 Å². The third-order valence-corrected chi connectivity index (χ3v) is 3.82. The van der Waals surface area contributed by atoms with Crippen LogP contribution in [0.25, 0.3) is 0 Å². The van der Waals surface area contributed by atoms with Crippen LogP contribution >= 0.6 is 0 Å². The second kappa shape index (κ2) is 5.77. The second-order valence-electron chi connectivity index (χ2n) is 3.78. The van der Waals surface area contributed by atoms with Crippen LogP contribution in [0.3, 0.4) is 0 Å². The molecule has 0 saturated heterocycles. The summed E-state index contributed by atoms with van der Waals surface area (Å²) in [7, 11) is -3.80. The molecule has 7 heteroatoms. The van der Waals surface area contributed by atoms with Crippen LogP contribution in [0.2, 0.25) is 0 Å². The van der Waals surface area contributed by atoms with E-state index in [0.29, 0.717) is 0 Å². The molecule has 0 spiro atoms. The van der Waals surface area contributed by atoms with Crippen LogP contribution in [0.4, 0.5) is 0 Å². The maximum Gasteiger partial charge on any atom is 0.305 e. The van der Waals surface area contributed by atoms with Crippen molar-refractivity contribution in [1.29, 1.82) is 0 Å². The molecule has 1 aromatic carbocycles. The van der Waals surface area contributed by atoms with Crippen molar-refractivity contribution in [3.63, 3.8) is 0 Å². The maximum absolute atomic E-state index is 12.0. The lowest BCUT2D eigenvalue weighted by atomic mass is 10.0. The van der Waals surface area contributed by atoms with Gasteiger partial charge in [-0.1, -0.05) is 24.8 Å². The first-order valence-electron chi connectivity index (χ1n) is 5.27. The zero-order valence-electron chi connectivity index (χ0n) is 9.94. The summed E-state index contributed by atoms with van der Waals surface area (Å²) < 4.78 is 23.5. The fraction of sp³-hybridized carbons (Fsp3) is 0.167. The Morgan fingerprint density at radius 1 is 1.37 bits per heavy atom. The van der Waals surface area contributed by atoms with Crippen LogP contribution in [0.1, 0.15) is 16.8 Å². The summed E-state index contributed by atoms with van der Waals surface area (Å²) in [4.78, 5) is 22.3. The third-order valence-electron chi connectivity index (χ3n) is 2.41. The van der Waals surface area contributed by atoms with Gasteiger partial charge in [0.2, 0.25) is 0 Å². The highest BCUT2D eigenvalue weighted by atomic mass is 32.2. The quantitative estimate of drug-likeness (QED) is 0.738. The molecule has 3 N–H and O–H groups in total. The molecule has 1 rings (SSSR count). The predicted octanol–water partition coefficient (Wildman–Crippen LogP) is 0.589. The van der Waals surface area contributed by atoms with Crippen molar-refractivity contribution < 1.29 is 23.1 Å². The number of ketones is 1. The van der Waals surface area contributed by atoms with Crippen molar-refractivity contribution in [3.8, 4) is 0 Å². The van der Waals surface area contributed by atoms with Crippen LogP contribution in [-0.2, 0) is 14.6 Å². The van der Waals surface area contributed by atoms with Gasteiger partial charge in [0.1, 0.15) is 0 Å². The molecule has 0 amide bonds. The van der Waals surface area contributed by atoms with E-state index in [4.69, 9.17) is 10.8 Å². The minimum atomic E-state index is -3.80. The number of carboxylic acid groups (broad SMARTS) is 1. The molecule has 6 nitrogen and oxygen atoms in total. The zero-order chi connectivity index (χ0) is 14.6. The Hall–Kier alpha value is -1.99. The van der Waals surface area contributed by atoms with Gasteiger partial charge in [-0.25, -0.2) is 8.42 Å². The van der Waals surface area contributed by atoms with Crippen molar-refractivity contribution in [3.05, 3.63) is 41.8 Å². The predicted molar refractivity (Wildman–Crippen MR) is 68.4 cm³/mol. The molecule has 0 bridgehead atoms. The van der Waals surface area contributed by atoms with Crippen molar-refractivity contribution in [1.82, 2.24) is 0 Å². The van der Waals surface area contributed by atoms with E-state index in [2.05, 4.69) is 6.58 Å². The van der Waals surface area contributed by atoms with Crippen LogP contribution in [0, 0.1) is 0 Å². The standard InChI is InChI=1S/C12H13NO5S/c1-2-19(17,18)10-6-4-3-5-8(10)12(16)9(13)7-11(14)15/h2-6,9H,1,7,13H2,(H,14,15)/t9-/m0/s1. The maximum atomic E-state index is 12.0. The lowest BCUT2D eigenvalue weighted by molar-refractivity contribution is -0.137. The van der Waals surface area contributed by atoms with E-state index < -0.39 is 34.1 Å². The van der Waals surface area contributed by atoms with Gasteiger partial charge in [-0.05, 0) is 6.07 Å². The zero-order valence-corrected chi connectivity index (χ0v) is 10.8. The summed E-state index contributed by atoms with van der Waals surface area (Å²) >= 11 is 0. The van der Waals surface area contributed by atoms with E-state index in [1.165, 1.54) is 24.3 Å². The van der Waals surface area contributed by atoms with Gasteiger partial charge in [-0.3, -0.25) is 9.59 Å². The number of nitrogens with two attached hydrogens (primary N) is 1. The number of benzene rings is 1. The molecular weight excluding hydrogens is 270 g/mol. The summed E-state index contributed by atoms with van der Waals surface area (Å²) in [5.74, 6) is -1.96. The smallest absolute Gasteiger partial charge is 0.305 e. The Morgan fingerprint density at radius 3 is 2.47 bits per heavy atom. The molecular formula is C12H13NO5S. The first kappa shape index (κ1) is 15.1. The number of Topliss-reactive ketones (excluding diaryl/α,β-unsaturated/α-hetero) is 1. The Morgan fingerprint density at radius 2 is 1.95 bits per heavy atom. The number of carbonyl (C=O) groups is 2. The van der Waals surface area contributed by atoms with E-state index >= 15 is 0 Å². The molecule has 0 aliphatic rings. The monoisotopic (exact) mass is 283 g/mol. The minimum absolute atomic E-state index is 0.129. The fourth-order valence-corrected chi connectivity index (χ4v) is 2.41. The Bertz CT molecular complexity index is 621. The number of rotatable bonds is 6. The van der Waals surface area contributed by atoms with Gasteiger partial charge in [0, 0.05) is 11.0 Å². The molecule has 0 aliphatic carbocycles. The molecule has 0 heterocycles. The molecule has 0 fully saturated rings. The lowest BCUT2D eigenvalue weighted by Gasteiger charge is -2.11. The Balaban J connectivity index is 3.25. The molecule has 0 unspecified atom stereocenters. The summed E-state index contributed by atoms with van der Waals surface area (Å²) in [6, 6.07) is 4.18. The van der Waals surface area contributed by atoms with Crippen LogP contribution < -0.4 is 5.73 Å². The number of aliphatic carboxylic acids is 1. The van der Waals surface area contributed by atoms with Crippen molar-refractivity contribution >= 4 is 21.6 Å². The average molecular weight is 283 g/mol. The summed E-state index contributed by atoms with van der Waals surface area (Å²) in [5, 5.41) is 9.31. The van der Waals surface area contributed by atoms with Gasteiger partial charge in [0.15, 0.2) is 15.6 Å². The molecule has 102 valence electrons. The van der Waals surface area contributed by atoms with Crippen molar-refractivity contribution in [2.75, 3.05) is 0 Å². The van der Waals surface area contributed by atoms with Gasteiger partial charge < -0.3 is 10.8 Å². The lowest BCUT2D eigenvalue weighted by Crippen LogP contribution is -2.33. The molecule has 0 aromatic heterocycles. The van der Waals surface area contributed by atoms with E-state index in [1.54, 1.807) is 0 Å². The second-order valence-corrected chi connectivity index (χ2v) is 5.64. The van der Waals surface area contributed by atoms with Gasteiger partial charge in [0.05, 0.1) is 17.4 Å². The summed E-state index contributed by atoms with van der Waals surface area (Å²) in [6.07, 6.45) is -0.568.